The van der Waals surface area contributed by atoms with E-state index in [-0.39, 0.29) is 18.1 Å². The minimum Gasteiger partial charge on any atom is -0.357 e. The van der Waals surface area contributed by atoms with Crippen LogP contribution in [0.5, 0.6) is 0 Å². The third kappa shape index (κ3) is 5.88. The van der Waals surface area contributed by atoms with Gasteiger partial charge in [0.1, 0.15) is 0 Å². The van der Waals surface area contributed by atoms with Gasteiger partial charge in [-0.2, -0.15) is 0 Å². The predicted octanol–water partition coefficient (Wildman–Crippen LogP) is 1.51. The molecule has 0 atom stereocenters. The number of aryl methyl sites for hydroxylation is 1. The number of aromatic nitrogens is 1. The zero-order valence-electron chi connectivity index (χ0n) is 13.6. The van der Waals surface area contributed by atoms with Gasteiger partial charge >= 0.3 is 0 Å². The van der Waals surface area contributed by atoms with Gasteiger partial charge in [0.15, 0.2) is 15.8 Å². The van der Waals surface area contributed by atoms with Crippen molar-refractivity contribution in [1.82, 2.24) is 14.8 Å². The smallest absolute Gasteiger partial charge is 0.194 e. The minimum atomic E-state index is -2.99. The maximum atomic E-state index is 11.5. The maximum Gasteiger partial charge on any atom is 0.194 e. The molecule has 0 unspecified atom stereocenters. The highest BCUT2D eigenvalue weighted by atomic mass is 35.5. The van der Waals surface area contributed by atoms with Gasteiger partial charge in [-0.15, -0.1) is 0 Å². The van der Waals surface area contributed by atoms with Gasteiger partial charge in [0.05, 0.1) is 23.9 Å². The Balaban J connectivity index is 2.74. The van der Waals surface area contributed by atoms with Gasteiger partial charge in [-0.3, -0.25) is 4.99 Å². The van der Waals surface area contributed by atoms with Gasteiger partial charge in [-0.1, -0.05) is 18.5 Å². The molecule has 1 N–H and O–H groups in total. The number of halogens is 1. The van der Waals surface area contributed by atoms with Crippen molar-refractivity contribution in [3.05, 3.63) is 23.0 Å². The van der Waals surface area contributed by atoms with Crippen molar-refractivity contribution in [2.45, 2.75) is 20.4 Å². The molecular formula is C14H25ClN4O2S. The van der Waals surface area contributed by atoms with E-state index in [0.29, 0.717) is 17.5 Å². The summed E-state index contributed by atoms with van der Waals surface area (Å²) in [5.41, 5.74) is 1.05. The van der Waals surface area contributed by atoms with Gasteiger partial charge in [0.2, 0.25) is 0 Å². The van der Waals surface area contributed by atoms with E-state index in [2.05, 4.69) is 10.3 Å². The van der Waals surface area contributed by atoms with Gasteiger partial charge in [-0.05, 0) is 13.0 Å². The van der Waals surface area contributed by atoms with E-state index in [0.717, 1.165) is 12.2 Å². The highest BCUT2D eigenvalue weighted by molar-refractivity contribution is 7.91. The van der Waals surface area contributed by atoms with Crippen LogP contribution in [0.3, 0.4) is 0 Å². The third-order valence-corrected chi connectivity index (χ3v) is 5.16. The Morgan fingerprint density at radius 1 is 1.45 bits per heavy atom. The van der Waals surface area contributed by atoms with Crippen LogP contribution in [0.15, 0.2) is 17.3 Å². The summed E-state index contributed by atoms with van der Waals surface area (Å²) in [5.74, 6) is 0.907. The van der Waals surface area contributed by atoms with Crippen molar-refractivity contribution in [2.75, 3.05) is 31.6 Å². The van der Waals surface area contributed by atoms with E-state index in [4.69, 9.17) is 11.6 Å². The van der Waals surface area contributed by atoms with E-state index in [9.17, 15) is 8.42 Å². The minimum absolute atomic E-state index is 0.0716. The number of hydrogen-bond donors (Lipinski definition) is 1. The van der Waals surface area contributed by atoms with Crippen molar-refractivity contribution in [2.24, 2.45) is 12.0 Å². The van der Waals surface area contributed by atoms with Crippen LogP contribution in [0.4, 0.5) is 0 Å². The monoisotopic (exact) mass is 348 g/mol. The molecule has 0 fully saturated rings. The van der Waals surface area contributed by atoms with Gasteiger partial charge in [0, 0.05) is 38.3 Å². The van der Waals surface area contributed by atoms with Crippen molar-refractivity contribution in [3.8, 4) is 0 Å². The van der Waals surface area contributed by atoms with Crippen LogP contribution in [0.1, 0.15) is 19.5 Å². The van der Waals surface area contributed by atoms with E-state index in [1.54, 1.807) is 6.92 Å². The highest BCUT2D eigenvalue weighted by Gasteiger charge is 2.11. The molecule has 0 aromatic carbocycles. The lowest BCUT2D eigenvalue weighted by molar-refractivity contribution is 0.462. The first-order valence-electron chi connectivity index (χ1n) is 7.29. The van der Waals surface area contributed by atoms with Crippen LogP contribution in [0, 0.1) is 0 Å². The van der Waals surface area contributed by atoms with E-state index >= 15 is 0 Å². The van der Waals surface area contributed by atoms with Crippen molar-refractivity contribution >= 4 is 27.4 Å². The highest BCUT2D eigenvalue weighted by Crippen LogP contribution is 2.14. The Kier molecular flexibility index (Phi) is 7.22. The molecule has 0 saturated carbocycles. The predicted molar refractivity (Wildman–Crippen MR) is 92.2 cm³/mol. The second kappa shape index (κ2) is 8.43. The fraction of sp³-hybridized carbons (Fsp3) is 0.643. The Bertz CT molecular complexity index is 610. The molecular weight excluding hydrogens is 324 g/mol. The molecule has 0 amide bonds. The number of aliphatic imine (C=N–C) groups is 1. The molecule has 0 bridgehead atoms. The van der Waals surface area contributed by atoms with Crippen molar-refractivity contribution < 1.29 is 8.42 Å². The largest absolute Gasteiger partial charge is 0.357 e. The molecule has 8 heteroatoms. The molecule has 126 valence electrons. The molecule has 1 aromatic rings. The SMILES string of the molecule is CCNC(=NCCS(=O)(=O)CC)N(C)Cc1cc(Cl)cn1C. The van der Waals surface area contributed by atoms with Crippen LogP contribution >= 0.6 is 11.6 Å². The summed E-state index contributed by atoms with van der Waals surface area (Å²) in [7, 11) is 0.858. The van der Waals surface area contributed by atoms with Crippen molar-refractivity contribution in [3.63, 3.8) is 0 Å². The van der Waals surface area contributed by atoms with Gasteiger partial charge in [0.25, 0.3) is 0 Å². The topological polar surface area (TPSA) is 66.7 Å². The summed E-state index contributed by atoms with van der Waals surface area (Å²) in [6.45, 7) is 5.24. The second-order valence-corrected chi connectivity index (χ2v) is 8.00. The first-order valence-corrected chi connectivity index (χ1v) is 9.49. The summed E-state index contributed by atoms with van der Waals surface area (Å²) in [6.07, 6.45) is 1.85. The molecule has 6 nitrogen and oxygen atoms in total. The number of nitrogens with zero attached hydrogens (tertiary/aromatic N) is 3. The van der Waals surface area contributed by atoms with Crippen LogP contribution in [-0.4, -0.2) is 55.5 Å². The zero-order valence-corrected chi connectivity index (χ0v) is 15.2. The Morgan fingerprint density at radius 2 is 2.14 bits per heavy atom. The number of hydrogen-bond acceptors (Lipinski definition) is 3. The molecule has 1 rings (SSSR count). The third-order valence-electron chi connectivity index (χ3n) is 3.27. The normalized spacial score (nSPS) is 12.5. The molecule has 0 radical (unpaired) electrons. The molecule has 0 aliphatic carbocycles. The Labute approximate surface area is 138 Å². The number of rotatable bonds is 7. The van der Waals surface area contributed by atoms with Crippen LogP contribution in [0.2, 0.25) is 5.02 Å². The molecule has 0 aliphatic heterocycles. The fourth-order valence-corrected chi connectivity index (χ4v) is 2.88. The maximum absolute atomic E-state index is 11.5. The molecule has 0 saturated heterocycles. The summed E-state index contributed by atoms with van der Waals surface area (Å²) in [5, 5.41) is 3.87. The Hall–Kier alpha value is -1.21. The number of guanidine groups is 1. The number of nitrogens with one attached hydrogen (secondary N) is 1. The first kappa shape index (κ1) is 18.8. The lowest BCUT2D eigenvalue weighted by Gasteiger charge is -2.22. The van der Waals surface area contributed by atoms with Crippen molar-refractivity contribution in [1.29, 1.82) is 0 Å². The second-order valence-electron chi connectivity index (χ2n) is 5.09. The number of sulfone groups is 1. The van der Waals surface area contributed by atoms with Gasteiger partial charge in [-0.25, -0.2) is 8.42 Å². The average molecular weight is 349 g/mol. The molecule has 0 aliphatic rings. The first-order chi connectivity index (χ1) is 10.3. The lowest BCUT2D eigenvalue weighted by atomic mass is 10.4. The molecule has 1 heterocycles. The zero-order chi connectivity index (χ0) is 16.8. The van der Waals surface area contributed by atoms with E-state index < -0.39 is 9.84 Å². The average Bonchev–Trinajstić information content (AvgIpc) is 2.75. The van der Waals surface area contributed by atoms with E-state index in [1.807, 2.05) is 42.7 Å². The quantitative estimate of drug-likeness (QED) is 0.599. The summed E-state index contributed by atoms with van der Waals surface area (Å²) < 4.78 is 25.0. The van der Waals surface area contributed by atoms with Gasteiger partial charge < -0.3 is 14.8 Å². The lowest BCUT2D eigenvalue weighted by Crippen LogP contribution is -2.39. The summed E-state index contributed by atoms with van der Waals surface area (Å²) in [6, 6.07) is 1.91. The van der Waals surface area contributed by atoms with Crippen LogP contribution in [0.25, 0.3) is 0 Å². The molecule has 1 aromatic heterocycles. The van der Waals surface area contributed by atoms with Crippen LogP contribution in [-0.2, 0) is 23.4 Å². The summed E-state index contributed by atoms with van der Waals surface area (Å²) >= 11 is 5.99. The fourth-order valence-electron chi connectivity index (χ4n) is 1.95. The van der Waals surface area contributed by atoms with Crippen LogP contribution < -0.4 is 5.32 Å². The Morgan fingerprint density at radius 3 is 2.64 bits per heavy atom. The van der Waals surface area contributed by atoms with E-state index in [1.165, 1.54) is 0 Å². The summed E-state index contributed by atoms with van der Waals surface area (Å²) in [4.78, 5) is 6.34. The molecule has 0 spiro atoms. The molecule has 22 heavy (non-hydrogen) atoms. The standard InChI is InChI=1S/C14H25ClN4O2S/c1-5-16-14(17-7-8-22(20,21)6-2)19(4)11-13-9-12(15)10-18(13)3/h9-10H,5-8,11H2,1-4H3,(H,16,17).